The molecule has 0 aliphatic heterocycles. The average molecular weight is 195 g/mol. The van der Waals surface area contributed by atoms with Gasteiger partial charge >= 0.3 is 0 Å². The summed E-state index contributed by atoms with van der Waals surface area (Å²) in [5.74, 6) is -0.276. The molecule has 1 aromatic carbocycles. The van der Waals surface area contributed by atoms with Crippen LogP contribution in [0.1, 0.15) is 30.9 Å². The van der Waals surface area contributed by atoms with Crippen LogP contribution in [0.15, 0.2) is 24.3 Å². The molecule has 1 aliphatic carbocycles. The summed E-state index contributed by atoms with van der Waals surface area (Å²) in [6, 6.07) is 5.62. The van der Waals surface area contributed by atoms with Crippen LogP contribution in [0.25, 0.3) is 0 Å². The van der Waals surface area contributed by atoms with Gasteiger partial charge in [0.1, 0.15) is 5.82 Å². The lowest BCUT2D eigenvalue weighted by Crippen LogP contribution is -2.46. The van der Waals surface area contributed by atoms with Gasteiger partial charge in [-0.15, -0.1) is 0 Å². The van der Waals surface area contributed by atoms with Crippen LogP contribution in [-0.2, 0) is 0 Å². The second-order valence-electron chi connectivity index (χ2n) is 3.99. The lowest BCUT2D eigenvalue weighted by Gasteiger charge is -2.41. The van der Waals surface area contributed by atoms with Gasteiger partial charge in [0, 0.05) is 0 Å². The number of aliphatic hydroxyl groups is 1. The summed E-state index contributed by atoms with van der Waals surface area (Å²) in [6.45, 7) is 0. The molecule has 0 radical (unpaired) electrons. The third-order valence-electron chi connectivity index (χ3n) is 3.03. The first-order chi connectivity index (χ1) is 6.62. The van der Waals surface area contributed by atoms with Gasteiger partial charge in [-0.25, -0.2) is 4.39 Å². The van der Waals surface area contributed by atoms with E-state index in [9.17, 15) is 9.50 Å². The fourth-order valence-corrected chi connectivity index (χ4v) is 1.83. The first-order valence-electron chi connectivity index (χ1n) is 4.85. The van der Waals surface area contributed by atoms with E-state index in [-0.39, 0.29) is 5.82 Å². The first kappa shape index (κ1) is 9.62. The van der Waals surface area contributed by atoms with Crippen LogP contribution in [0, 0.1) is 5.82 Å². The number of benzene rings is 1. The second-order valence-corrected chi connectivity index (χ2v) is 3.99. The Hall–Kier alpha value is -0.930. The average Bonchev–Trinajstić information content (AvgIpc) is 2.14. The molecule has 0 spiro atoms. The Bertz CT molecular complexity index is 319. The van der Waals surface area contributed by atoms with Crippen LogP contribution in [0.5, 0.6) is 0 Å². The summed E-state index contributed by atoms with van der Waals surface area (Å²) in [5, 5.41) is 9.98. The summed E-state index contributed by atoms with van der Waals surface area (Å²) in [7, 11) is 0. The van der Waals surface area contributed by atoms with E-state index in [1.54, 1.807) is 12.1 Å². The molecule has 1 aliphatic rings. The minimum Gasteiger partial charge on any atom is -0.388 e. The molecule has 3 N–H and O–H groups in total. The highest BCUT2D eigenvalue weighted by Crippen LogP contribution is 2.40. The van der Waals surface area contributed by atoms with E-state index >= 15 is 0 Å². The van der Waals surface area contributed by atoms with Crippen LogP contribution in [0.2, 0.25) is 0 Å². The molecule has 1 atom stereocenters. The van der Waals surface area contributed by atoms with Gasteiger partial charge in [0.15, 0.2) is 0 Å². The highest BCUT2D eigenvalue weighted by atomic mass is 19.1. The highest BCUT2D eigenvalue weighted by molar-refractivity contribution is 5.23. The number of nitrogens with two attached hydrogens (primary N) is 1. The molecule has 2 nitrogen and oxygen atoms in total. The van der Waals surface area contributed by atoms with Crippen molar-refractivity contribution in [1.29, 1.82) is 0 Å². The molecule has 76 valence electrons. The van der Waals surface area contributed by atoms with Crippen molar-refractivity contribution in [3.8, 4) is 0 Å². The van der Waals surface area contributed by atoms with E-state index in [2.05, 4.69) is 0 Å². The normalized spacial score (nSPS) is 21.4. The summed E-state index contributed by atoms with van der Waals surface area (Å²) >= 11 is 0. The third kappa shape index (κ3) is 1.53. The van der Waals surface area contributed by atoms with Crippen molar-refractivity contribution >= 4 is 0 Å². The number of hydrogen-bond acceptors (Lipinski definition) is 2. The Labute approximate surface area is 82.5 Å². The maximum Gasteiger partial charge on any atom is 0.123 e. The molecule has 0 saturated heterocycles. The van der Waals surface area contributed by atoms with Crippen LogP contribution in [-0.4, -0.2) is 10.7 Å². The number of halogens is 1. The summed E-state index contributed by atoms with van der Waals surface area (Å²) in [5.41, 5.74) is 5.95. The molecule has 14 heavy (non-hydrogen) atoms. The van der Waals surface area contributed by atoms with Crippen LogP contribution < -0.4 is 5.73 Å². The standard InChI is InChI=1S/C11H14FNO/c12-9-4-2-8(3-5-9)10(13)11(14)6-1-7-11/h2-5,10,14H,1,6-7,13H2. The molecule has 1 unspecified atom stereocenters. The Morgan fingerprint density at radius 3 is 2.29 bits per heavy atom. The van der Waals surface area contributed by atoms with Crippen molar-refractivity contribution in [2.75, 3.05) is 0 Å². The summed E-state index contributed by atoms with van der Waals surface area (Å²) in [4.78, 5) is 0. The van der Waals surface area contributed by atoms with E-state index < -0.39 is 11.6 Å². The smallest absolute Gasteiger partial charge is 0.123 e. The van der Waals surface area contributed by atoms with Crippen molar-refractivity contribution in [3.05, 3.63) is 35.6 Å². The van der Waals surface area contributed by atoms with E-state index in [4.69, 9.17) is 5.73 Å². The molecule has 0 amide bonds. The Kier molecular flexibility index (Phi) is 2.29. The quantitative estimate of drug-likeness (QED) is 0.755. The fourth-order valence-electron chi connectivity index (χ4n) is 1.83. The maximum atomic E-state index is 12.6. The molecular weight excluding hydrogens is 181 g/mol. The Morgan fingerprint density at radius 1 is 1.29 bits per heavy atom. The third-order valence-corrected chi connectivity index (χ3v) is 3.03. The van der Waals surface area contributed by atoms with Gasteiger partial charge in [0.2, 0.25) is 0 Å². The molecule has 1 fully saturated rings. The molecule has 1 aromatic rings. The predicted molar refractivity (Wildman–Crippen MR) is 52.1 cm³/mol. The Balaban J connectivity index is 2.18. The van der Waals surface area contributed by atoms with Gasteiger partial charge in [-0.3, -0.25) is 0 Å². The SMILES string of the molecule is NC(c1ccc(F)cc1)C1(O)CCC1. The van der Waals surface area contributed by atoms with Crippen LogP contribution in [0.4, 0.5) is 4.39 Å². The van der Waals surface area contributed by atoms with Gasteiger partial charge in [0.25, 0.3) is 0 Å². The van der Waals surface area contributed by atoms with E-state index in [0.29, 0.717) is 0 Å². The topological polar surface area (TPSA) is 46.2 Å². The van der Waals surface area contributed by atoms with Crippen molar-refractivity contribution in [2.45, 2.75) is 30.9 Å². The van der Waals surface area contributed by atoms with Crippen molar-refractivity contribution in [2.24, 2.45) is 5.73 Å². The number of hydrogen-bond donors (Lipinski definition) is 2. The highest BCUT2D eigenvalue weighted by Gasteiger charge is 2.40. The molecule has 2 rings (SSSR count). The van der Waals surface area contributed by atoms with Gasteiger partial charge in [-0.2, -0.15) is 0 Å². The Morgan fingerprint density at radius 2 is 1.86 bits per heavy atom. The zero-order chi connectivity index (χ0) is 10.2. The predicted octanol–water partition coefficient (Wildman–Crippen LogP) is 1.74. The lowest BCUT2D eigenvalue weighted by atomic mass is 9.73. The fraction of sp³-hybridized carbons (Fsp3) is 0.455. The second kappa shape index (κ2) is 3.33. The van der Waals surface area contributed by atoms with Gasteiger partial charge in [-0.05, 0) is 37.0 Å². The molecule has 3 heteroatoms. The van der Waals surface area contributed by atoms with Gasteiger partial charge in [0.05, 0.1) is 11.6 Å². The van der Waals surface area contributed by atoms with Gasteiger partial charge in [-0.1, -0.05) is 12.1 Å². The van der Waals surface area contributed by atoms with Crippen molar-refractivity contribution < 1.29 is 9.50 Å². The monoisotopic (exact) mass is 195 g/mol. The van der Waals surface area contributed by atoms with E-state index in [1.807, 2.05) is 0 Å². The molecule has 1 saturated carbocycles. The summed E-state index contributed by atoms with van der Waals surface area (Å²) in [6.07, 6.45) is 2.50. The molecule has 0 aromatic heterocycles. The molecular formula is C11H14FNO. The van der Waals surface area contributed by atoms with Crippen molar-refractivity contribution in [3.63, 3.8) is 0 Å². The molecule has 0 heterocycles. The zero-order valence-corrected chi connectivity index (χ0v) is 7.91. The maximum absolute atomic E-state index is 12.6. The van der Waals surface area contributed by atoms with Crippen LogP contribution in [0.3, 0.4) is 0 Å². The largest absolute Gasteiger partial charge is 0.388 e. The van der Waals surface area contributed by atoms with Crippen molar-refractivity contribution in [1.82, 2.24) is 0 Å². The van der Waals surface area contributed by atoms with E-state index in [1.165, 1.54) is 12.1 Å². The minimum atomic E-state index is -0.766. The summed E-state index contributed by atoms with van der Waals surface area (Å²) < 4.78 is 12.6. The number of rotatable bonds is 2. The first-order valence-corrected chi connectivity index (χ1v) is 4.85. The molecule has 0 bridgehead atoms. The van der Waals surface area contributed by atoms with Crippen LogP contribution >= 0.6 is 0 Å². The lowest BCUT2D eigenvalue weighted by molar-refractivity contribution is -0.0559. The minimum absolute atomic E-state index is 0.276. The van der Waals surface area contributed by atoms with E-state index in [0.717, 1.165) is 24.8 Å². The zero-order valence-electron chi connectivity index (χ0n) is 7.91. The van der Waals surface area contributed by atoms with Gasteiger partial charge < -0.3 is 10.8 Å².